The topological polar surface area (TPSA) is 35.0 Å². The van der Waals surface area contributed by atoms with Crippen LogP contribution in [0.25, 0.3) is 11.4 Å². The zero-order chi connectivity index (χ0) is 20.7. The fourth-order valence-electron chi connectivity index (χ4n) is 3.43. The molecule has 1 aromatic carbocycles. The van der Waals surface area contributed by atoms with Crippen molar-refractivity contribution in [2.45, 2.75) is 91.4 Å². The van der Waals surface area contributed by atoms with Crippen LogP contribution in [0, 0.1) is 5.92 Å². The van der Waals surface area contributed by atoms with Gasteiger partial charge in [-0.05, 0) is 55.0 Å². The average Bonchev–Trinajstić information content (AvgIpc) is 2.77. The molecule has 1 heterocycles. The van der Waals surface area contributed by atoms with Crippen molar-refractivity contribution in [3.05, 3.63) is 42.2 Å². The van der Waals surface area contributed by atoms with E-state index in [2.05, 4.69) is 42.9 Å². The zero-order valence-corrected chi connectivity index (χ0v) is 18.8. The number of ether oxygens (including phenoxy) is 1. The second-order valence-electron chi connectivity index (χ2n) is 8.31. The summed E-state index contributed by atoms with van der Waals surface area (Å²) in [7, 11) is 0. The van der Waals surface area contributed by atoms with E-state index in [4.69, 9.17) is 4.74 Å². The molecule has 0 saturated heterocycles. The van der Waals surface area contributed by atoms with Crippen molar-refractivity contribution in [2.75, 3.05) is 6.61 Å². The van der Waals surface area contributed by atoms with Crippen LogP contribution in [0.2, 0.25) is 0 Å². The molecule has 0 aliphatic heterocycles. The van der Waals surface area contributed by atoms with Gasteiger partial charge in [0.05, 0.1) is 6.61 Å². The highest BCUT2D eigenvalue weighted by Crippen LogP contribution is 2.20. The summed E-state index contributed by atoms with van der Waals surface area (Å²) in [6, 6.07) is 8.16. The van der Waals surface area contributed by atoms with E-state index in [0.717, 1.165) is 42.5 Å². The van der Waals surface area contributed by atoms with E-state index in [-0.39, 0.29) is 0 Å². The van der Waals surface area contributed by atoms with Gasteiger partial charge in [0.25, 0.3) is 0 Å². The minimum absolute atomic E-state index is 0.788. The number of unbranched alkanes of at least 4 members (excludes halogenated alkanes) is 6. The number of aryl methyl sites for hydroxylation is 1. The molecule has 0 radical (unpaired) electrons. The van der Waals surface area contributed by atoms with Crippen LogP contribution in [0.4, 0.5) is 0 Å². The molecular formula is C26H40N2O. The van der Waals surface area contributed by atoms with Gasteiger partial charge in [-0.15, -0.1) is 0 Å². The second kappa shape index (κ2) is 14.1. The molecule has 2 rings (SSSR count). The Morgan fingerprint density at radius 1 is 0.828 bits per heavy atom. The summed E-state index contributed by atoms with van der Waals surface area (Å²) in [6.07, 6.45) is 17.9. The van der Waals surface area contributed by atoms with E-state index in [1.807, 2.05) is 24.5 Å². The molecule has 0 bridgehead atoms. The molecular weight excluding hydrogens is 356 g/mol. The first-order valence-electron chi connectivity index (χ1n) is 11.8. The molecule has 0 fully saturated rings. The SMILES string of the molecule is CCCCCCCCOc1ccc(-c2ncc(CCCC[C@@H](C)CC)cn2)cc1. The lowest BCUT2D eigenvalue weighted by atomic mass is 10.00. The molecule has 0 aliphatic rings. The van der Waals surface area contributed by atoms with Gasteiger partial charge < -0.3 is 4.74 Å². The van der Waals surface area contributed by atoms with Crippen LogP contribution in [-0.4, -0.2) is 16.6 Å². The smallest absolute Gasteiger partial charge is 0.159 e. The highest BCUT2D eigenvalue weighted by Gasteiger charge is 2.04. The fraction of sp³-hybridized carbons (Fsp3) is 0.615. The molecule has 0 N–H and O–H groups in total. The van der Waals surface area contributed by atoms with Crippen molar-refractivity contribution in [1.29, 1.82) is 0 Å². The minimum Gasteiger partial charge on any atom is -0.494 e. The quantitative estimate of drug-likeness (QED) is 0.290. The molecule has 1 atom stereocenters. The van der Waals surface area contributed by atoms with Gasteiger partial charge in [-0.25, -0.2) is 9.97 Å². The molecule has 3 nitrogen and oxygen atoms in total. The van der Waals surface area contributed by atoms with E-state index in [9.17, 15) is 0 Å². The Labute approximate surface area is 178 Å². The van der Waals surface area contributed by atoms with Crippen molar-refractivity contribution >= 4 is 0 Å². The molecule has 160 valence electrons. The number of benzene rings is 1. The predicted molar refractivity (Wildman–Crippen MR) is 123 cm³/mol. The van der Waals surface area contributed by atoms with Crippen LogP contribution >= 0.6 is 0 Å². The van der Waals surface area contributed by atoms with Crippen LogP contribution in [0.15, 0.2) is 36.7 Å². The summed E-state index contributed by atoms with van der Waals surface area (Å²) in [5, 5.41) is 0. The first-order chi connectivity index (χ1) is 14.2. The first-order valence-corrected chi connectivity index (χ1v) is 11.8. The summed E-state index contributed by atoms with van der Waals surface area (Å²) in [5.41, 5.74) is 2.28. The monoisotopic (exact) mass is 396 g/mol. The van der Waals surface area contributed by atoms with Crippen molar-refractivity contribution in [2.24, 2.45) is 5.92 Å². The van der Waals surface area contributed by atoms with Gasteiger partial charge in [0, 0.05) is 18.0 Å². The molecule has 0 amide bonds. The van der Waals surface area contributed by atoms with Crippen LogP contribution in [0.1, 0.15) is 90.5 Å². The van der Waals surface area contributed by atoms with Gasteiger partial charge in [0.2, 0.25) is 0 Å². The molecule has 3 heteroatoms. The molecule has 0 aliphatic carbocycles. The van der Waals surface area contributed by atoms with Gasteiger partial charge in [-0.1, -0.05) is 72.1 Å². The Kier molecular flexibility index (Phi) is 11.4. The van der Waals surface area contributed by atoms with Crippen LogP contribution in [0.5, 0.6) is 5.75 Å². The largest absolute Gasteiger partial charge is 0.494 e. The van der Waals surface area contributed by atoms with Crippen LogP contribution in [0.3, 0.4) is 0 Å². The summed E-state index contributed by atoms with van der Waals surface area (Å²) >= 11 is 0. The third-order valence-corrected chi connectivity index (χ3v) is 5.69. The fourth-order valence-corrected chi connectivity index (χ4v) is 3.43. The van der Waals surface area contributed by atoms with Gasteiger partial charge in [0.1, 0.15) is 5.75 Å². The van der Waals surface area contributed by atoms with E-state index in [1.165, 1.54) is 63.4 Å². The molecule has 1 aromatic heterocycles. The maximum absolute atomic E-state index is 5.86. The highest BCUT2D eigenvalue weighted by molar-refractivity contribution is 5.55. The van der Waals surface area contributed by atoms with Gasteiger partial charge in [0.15, 0.2) is 5.82 Å². The first kappa shape index (κ1) is 23.4. The molecule has 29 heavy (non-hydrogen) atoms. The Morgan fingerprint density at radius 2 is 1.52 bits per heavy atom. The Morgan fingerprint density at radius 3 is 2.21 bits per heavy atom. The van der Waals surface area contributed by atoms with E-state index in [0.29, 0.717) is 0 Å². The van der Waals surface area contributed by atoms with Gasteiger partial charge in [-0.3, -0.25) is 0 Å². The summed E-state index contributed by atoms with van der Waals surface area (Å²) < 4.78 is 5.86. The third-order valence-electron chi connectivity index (χ3n) is 5.69. The van der Waals surface area contributed by atoms with E-state index in [1.54, 1.807) is 0 Å². The lowest BCUT2D eigenvalue weighted by molar-refractivity contribution is 0.304. The minimum atomic E-state index is 0.788. The van der Waals surface area contributed by atoms with Crippen molar-refractivity contribution in [1.82, 2.24) is 9.97 Å². The van der Waals surface area contributed by atoms with Gasteiger partial charge in [-0.2, -0.15) is 0 Å². The number of aromatic nitrogens is 2. The lowest BCUT2D eigenvalue weighted by Gasteiger charge is -2.08. The Balaban J connectivity index is 1.70. The summed E-state index contributed by atoms with van der Waals surface area (Å²) in [6.45, 7) is 7.66. The molecule has 0 saturated carbocycles. The predicted octanol–water partition coefficient (Wildman–Crippen LogP) is 7.64. The lowest BCUT2D eigenvalue weighted by Crippen LogP contribution is -1.98. The standard InChI is InChI=1S/C26H40N2O/c1-4-6-7-8-9-12-19-29-25-17-15-24(16-18-25)26-27-20-23(21-28-26)14-11-10-13-22(3)5-2/h15-18,20-22H,4-14,19H2,1-3H3/t22-/m0/s1. The number of nitrogens with zero attached hydrogens (tertiary/aromatic N) is 2. The van der Waals surface area contributed by atoms with E-state index < -0.39 is 0 Å². The second-order valence-corrected chi connectivity index (χ2v) is 8.31. The molecule has 0 spiro atoms. The highest BCUT2D eigenvalue weighted by atomic mass is 16.5. The van der Waals surface area contributed by atoms with Gasteiger partial charge >= 0.3 is 0 Å². The van der Waals surface area contributed by atoms with Crippen molar-refractivity contribution in [3.8, 4) is 17.1 Å². The molecule has 0 unspecified atom stereocenters. The summed E-state index contributed by atoms with van der Waals surface area (Å²) in [4.78, 5) is 9.14. The zero-order valence-electron chi connectivity index (χ0n) is 18.8. The summed E-state index contributed by atoms with van der Waals surface area (Å²) in [5.74, 6) is 2.56. The third kappa shape index (κ3) is 9.43. The van der Waals surface area contributed by atoms with Crippen LogP contribution in [-0.2, 0) is 6.42 Å². The average molecular weight is 397 g/mol. The maximum atomic E-state index is 5.86. The number of hydrogen-bond donors (Lipinski definition) is 0. The Bertz CT molecular complexity index is 651. The molecule has 2 aromatic rings. The number of rotatable bonds is 15. The van der Waals surface area contributed by atoms with E-state index >= 15 is 0 Å². The maximum Gasteiger partial charge on any atom is 0.159 e. The Hall–Kier alpha value is -1.90. The normalized spacial score (nSPS) is 12.1. The van der Waals surface area contributed by atoms with Crippen molar-refractivity contribution in [3.63, 3.8) is 0 Å². The van der Waals surface area contributed by atoms with Crippen molar-refractivity contribution < 1.29 is 4.74 Å². The number of hydrogen-bond acceptors (Lipinski definition) is 3. The van der Waals surface area contributed by atoms with Crippen LogP contribution < -0.4 is 4.74 Å².